The zero-order valence-electron chi connectivity index (χ0n) is 12.9. The van der Waals surface area contributed by atoms with Crippen LogP contribution in [0.3, 0.4) is 0 Å². The van der Waals surface area contributed by atoms with Crippen LogP contribution in [0, 0.1) is 5.92 Å². The van der Waals surface area contributed by atoms with Crippen molar-refractivity contribution in [2.45, 2.75) is 96.6 Å². The van der Waals surface area contributed by atoms with Crippen molar-refractivity contribution in [3.63, 3.8) is 0 Å². The first-order valence-electron chi connectivity index (χ1n) is 8.55. The van der Waals surface area contributed by atoms with E-state index in [1.807, 2.05) is 0 Å². The topological polar surface area (TPSA) is 0 Å². The molecule has 19 heavy (non-hydrogen) atoms. The van der Waals surface area contributed by atoms with Gasteiger partial charge in [0.25, 0.3) is 0 Å². The van der Waals surface area contributed by atoms with Gasteiger partial charge in [-0.05, 0) is 62.9 Å². The highest BCUT2D eigenvalue weighted by Crippen LogP contribution is 2.44. The zero-order chi connectivity index (χ0) is 13.7. The van der Waals surface area contributed by atoms with Crippen molar-refractivity contribution in [2.24, 2.45) is 5.92 Å². The van der Waals surface area contributed by atoms with E-state index in [2.05, 4.69) is 13.8 Å². The van der Waals surface area contributed by atoms with Crippen LogP contribution in [0.1, 0.15) is 90.9 Å². The van der Waals surface area contributed by atoms with Crippen LogP contribution in [0.15, 0.2) is 11.1 Å². The van der Waals surface area contributed by atoms with E-state index in [9.17, 15) is 0 Å². The molecule has 1 heteroatoms. The van der Waals surface area contributed by atoms with Crippen LogP contribution in [0.5, 0.6) is 0 Å². The molecule has 1 atom stereocenters. The second-order valence-corrected chi connectivity index (χ2v) is 6.93. The van der Waals surface area contributed by atoms with Crippen molar-refractivity contribution in [2.75, 3.05) is 0 Å². The molecule has 0 heterocycles. The molecule has 0 amide bonds. The highest BCUT2D eigenvalue weighted by atomic mass is 19.1. The van der Waals surface area contributed by atoms with E-state index >= 15 is 4.39 Å². The standard InChI is InChI=1S/C18H31F/c1-15(2)18(19)14-10-6-8-12-16-11-7-4-3-5-9-13-17(16)18/h15H,3-14H2,1-2H3. The zero-order valence-corrected chi connectivity index (χ0v) is 12.9. The van der Waals surface area contributed by atoms with Crippen molar-refractivity contribution in [1.29, 1.82) is 0 Å². The second kappa shape index (κ2) is 6.90. The van der Waals surface area contributed by atoms with E-state index in [0.717, 1.165) is 19.3 Å². The molecule has 0 bridgehead atoms. The fourth-order valence-electron chi connectivity index (χ4n) is 3.96. The Morgan fingerprint density at radius 3 is 1.95 bits per heavy atom. The molecule has 0 spiro atoms. The van der Waals surface area contributed by atoms with Crippen LogP contribution in [-0.2, 0) is 0 Å². The first-order chi connectivity index (χ1) is 9.14. The van der Waals surface area contributed by atoms with Crippen LogP contribution in [0.25, 0.3) is 0 Å². The Kier molecular flexibility index (Phi) is 5.47. The molecule has 0 saturated carbocycles. The van der Waals surface area contributed by atoms with E-state index in [0.29, 0.717) is 0 Å². The first kappa shape index (κ1) is 15.1. The molecular formula is C18H31F. The Hall–Kier alpha value is -0.330. The molecule has 2 aliphatic rings. The fourth-order valence-corrected chi connectivity index (χ4v) is 3.96. The summed E-state index contributed by atoms with van der Waals surface area (Å²) in [6.07, 6.45) is 14.2. The summed E-state index contributed by atoms with van der Waals surface area (Å²) in [6, 6.07) is 0. The van der Waals surface area contributed by atoms with Gasteiger partial charge in [0.1, 0.15) is 5.67 Å². The molecule has 0 nitrogen and oxygen atoms in total. The summed E-state index contributed by atoms with van der Waals surface area (Å²) in [7, 11) is 0. The van der Waals surface area contributed by atoms with Crippen LogP contribution >= 0.6 is 0 Å². The third-order valence-corrected chi connectivity index (χ3v) is 5.27. The summed E-state index contributed by atoms with van der Waals surface area (Å²) in [6.45, 7) is 4.16. The minimum absolute atomic E-state index is 0.136. The van der Waals surface area contributed by atoms with Crippen molar-refractivity contribution < 1.29 is 4.39 Å². The maximum atomic E-state index is 15.7. The summed E-state index contributed by atoms with van der Waals surface area (Å²) < 4.78 is 15.7. The van der Waals surface area contributed by atoms with Crippen LogP contribution < -0.4 is 0 Å². The average Bonchev–Trinajstić information content (AvgIpc) is 2.47. The minimum Gasteiger partial charge on any atom is -0.239 e. The SMILES string of the molecule is CC(C)C1(F)CCCCCC2=C1CCCCCCC2. The van der Waals surface area contributed by atoms with Gasteiger partial charge in [-0.25, -0.2) is 4.39 Å². The predicted octanol–water partition coefficient (Wildman–Crippen LogP) is 6.36. The van der Waals surface area contributed by atoms with Gasteiger partial charge in [0.2, 0.25) is 0 Å². The number of rotatable bonds is 1. The van der Waals surface area contributed by atoms with E-state index in [1.54, 1.807) is 0 Å². The Morgan fingerprint density at radius 1 is 0.789 bits per heavy atom. The smallest absolute Gasteiger partial charge is 0.134 e. The maximum absolute atomic E-state index is 15.7. The highest BCUT2D eigenvalue weighted by molar-refractivity contribution is 5.26. The molecule has 0 aromatic carbocycles. The van der Waals surface area contributed by atoms with Crippen LogP contribution in [-0.4, -0.2) is 5.67 Å². The molecule has 0 saturated heterocycles. The molecule has 0 aromatic rings. The van der Waals surface area contributed by atoms with E-state index < -0.39 is 5.67 Å². The normalized spacial score (nSPS) is 30.9. The maximum Gasteiger partial charge on any atom is 0.134 e. The molecule has 0 aromatic heterocycles. The molecule has 0 fully saturated rings. The summed E-state index contributed by atoms with van der Waals surface area (Å²) in [5, 5.41) is 0. The van der Waals surface area contributed by atoms with Gasteiger partial charge in [0.05, 0.1) is 0 Å². The average molecular weight is 266 g/mol. The third-order valence-electron chi connectivity index (χ3n) is 5.27. The van der Waals surface area contributed by atoms with Crippen molar-refractivity contribution in [1.82, 2.24) is 0 Å². The summed E-state index contributed by atoms with van der Waals surface area (Å²) in [5.41, 5.74) is 1.75. The molecule has 0 radical (unpaired) electrons. The lowest BCUT2D eigenvalue weighted by Crippen LogP contribution is -2.34. The van der Waals surface area contributed by atoms with Crippen LogP contribution in [0.4, 0.5) is 4.39 Å². The summed E-state index contributed by atoms with van der Waals surface area (Å²) >= 11 is 0. The largest absolute Gasteiger partial charge is 0.239 e. The Balaban J connectivity index is 2.32. The lowest BCUT2D eigenvalue weighted by Gasteiger charge is -2.36. The Bertz CT molecular complexity index is 316. The van der Waals surface area contributed by atoms with Crippen LogP contribution in [0.2, 0.25) is 0 Å². The summed E-state index contributed by atoms with van der Waals surface area (Å²) in [5.74, 6) is 0.136. The van der Waals surface area contributed by atoms with E-state index in [-0.39, 0.29) is 5.92 Å². The molecule has 110 valence electrons. The molecule has 0 N–H and O–H groups in total. The van der Waals surface area contributed by atoms with E-state index in [4.69, 9.17) is 0 Å². The van der Waals surface area contributed by atoms with Gasteiger partial charge in [-0.3, -0.25) is 0 Å². The van der Waals surface area contributed by atoms with Crippen molar-refractivity contribution >= 4 is 0 Å². The van der Waals surface area contributed by atoms with Gasteiger partial charge in [0, 0.05) is 0 Å². The van der Waals surface area contributed by atoms with Gasteiger partial charge in [0.15, 0.2) is 0 Å². The van der Waals surface area contributed by atoms with Gasteiger partial charge in [-0.15, -0.1) is 0 Å². The Labute approximate surface area is 118 Å². The Morgan fingerprint density at radius 2 is 1.32 bits per heavy atom. The number of allylic oxidation sites excluding steroid dienone is 2. The van der Waals surface area contributed by atoms with Gasteiger partial charge in [-0.1, -0.05) is 45.1 Å². The lowest BCUT2D eigenvalue weighted by molar-refractivity contribution is 0.118. The second-order valence-electron chi connectivity index (χ2n) is 6.93. The molecule has 2 aliphatic carbocycles. The quantitative estimate of drug-likeness (QED) is 0.485. The monoisotopic (exact) mass is 266 g/mol. The molecule has 0 aliphatic heterocycles. The number of halogens is 1. The third kappa shape index (κ3) is 3.61. The number of hydrogen-bond donors (Lipinski definition) is 0. The summed E-state index contributed by atoms with van der Waals surface area (Å²) in [4.78, 5) is 0. The molecule has 1 unspecified atom stereocenters. The highest BCUT2D eigenvalue weighted by Gasteiger charge is 2.39. The van der Waals surface area contributed by atoms with Gasteiger partial charge in [-0.2, -0.15) is 0 Å². The predicted molar refractivity (Wildman–Crippen MR) is 81.1 cm³/mol. The molecule has 2 rings (SSSR count). The minimum atomic E-state index is -1.000. The first-order valence-corrected chi connectivity index (χ1v) is 8.55. The lowest BCUT2D eigenvalue weighted by atomic mass is 9.74. The van der Waals surface area contributed by atoms with E-state index in [1.165, 1.54) is 68.9 Å². The fraction of sp³-hybridized carbons (Fsp3) is 0.889. The molecular weight excluding hydrogens is 235 g/mol. The van der Waals surface area contributed by atoms with Gasteiger partial charge >= 0.3 is 0 Å². The number of hydrogen-bond acceptors (Lipinski definition) is 0. The number of alkyl halides is 1. The van der Waals surface area contributed by atoms with Gasteiger partial charge < -0.3 is 0 Å². The van der Waals surface area contributed by atoms with Crippen molar-refractivity contribution in [3.8, 4) is 0 Å². The van der Waals surface area contributed by atoms with Crippen molar-refractivity contribution in [3.05, 3.63) is 11.1 Å².